The molecule has 1 aromatic rings. The quantitative estimate of drug-likeness (QED) is 0.590. The topological polar surface area (TPSA) is 42.4 Å². The molecule has 0 saturated heterocycles. The summed E-state index contributed by atoms with van der Waals surface area (Å²) in [4.78, 5) is 17.3. The minimum Gasteiger partial charge on any atom is -0.468 e. The van der Waals surface area contributed by atoms with Gasteiger partial charge in [-0.25, -0.2) is 0 Å². The van der Waals surface area contributed by atoms with Crippen molar-refractivity contribution in [2.24, 2.45) is 0 Å². The zero-order chi connectivity index (χ0) is 12.7. The van der Waals surface area contributed by atoms with Crippen LogP contribution < -0.4 is 0 Å². The molecule has 0 saturated carbocycles. The molecular weight excluding hydrogens is 284 g/mol. The van der Waals surface area contributed by atoms with Crippen LogP contribution in [-0.2, 0) is 16.0 Å². The van der Waals surface area contributed by atoms with Gasteiger partial charge in [0.2, 0.25) is 0 Å². The number of hydrogen-bond acceptors (Lipinski definition) is 4. The summed E-state index contributed by atoms with van der Waals surface area (Å²) in [6.07, 6.45) is 2.66. The second-order valence-corrected chi connectivity index (χ2v) is 4.93. The van der Waals surface area contributed by atoms with E-state index in [9.17, 15) is 4.79 Å². The van der Waals surface area contributed by atoms with Gasteiger partial charge in [0.1, 0.15) is 4.83 Å². The van der Waals surface area contributed by atoms with Crippen molar-refractivity contribution in [1.29, 1.82) is 0 Å². The van der Waals surface area contributed by atoms with Crippen molar-refractivity contribution >= 4 is 21.9 Å². The normalized spacial score (nSPS) is 12.5. The fourth-order valence-electron chi connectivity index (χ4n) is 1.42. The maximum absolute atomic E-state index is 11.2. The van der Waals surface area contributed by atoms with Gasteiger partial charge in [-0.1, -0.05) is 22.0 Å². The molecule has 0 fully saturated rings. The van der Waals surface area contributed by atoms with Gasteiger partial charge < -0.3 is 9.64 Å². The van der Waals surface area contributed by atoms with Crippen molar-refractivity contribution < 1.29 is 9.53 Å². The van der Waals surface area contributed by atoms with Crippen LogP contribution in [0.4, 0.5) is 0 Å². The van der Waals surface area contributed by atoms with Gasteiger partial charge in [-0.15, -0.1) is 0 Å². The number of aromatic nitrogens is 1. The highest BCUT2D eigenvalue weighted by Crippen LogP contribution is 2.05. The molecule has 1 unspecified atom stereocenters. The van der Waals surface area contributed by atoms with E-state index in [0.29, 0.717) is 6.54 Å². The van der Waals surface area contributed by atoms with E-state index in [0.717, 1.165) is 18.7 Å². The summed E-state index contributed by atoms with van der Waals surface area (Å²) in [5, 5.41) is 0. The molecule has 1 heterocycles. The third kappa shape index (κ3) is 5.28. The number of nitrogens with zero attached hydrogens (tertiary/aromatic N) is 2. The summed E-state index contributed by atoms with van der Waals surface area (Å²) in [6.45, 7) is 1.48. The number of hydrogen-bond donors (Lipinski definition) is 0. The standard InChI is InChI=1S/C12H17BrN2O2/c1-15(9-11(13)12(16)17-2)8-6-10-5-3-4-7-14-10/h3-5,7,11H,6,8-9H2,1-2H3. The molecule has 1 aromatic heterocycles. The summed E-state index contributed by atoms with van der Waals surface area (Å²) in [6, 6.07) is 5.88. The number of rotatable bonds is 6. The van der Waals surface area contributed by atoms with Gasteiger partial charge in [0, 0.05) is 31.4 Å². The number of likely N-dealkylation sites (N-methyl/N-ethyl adjacent to an activating group) is 1. The highest BCUT2D eigenvalue weighted by Gasteiger charge is 2.16. The van der Waals surface area contributed by atoms with E-state index >= 15 is 0 Å². The molecule has 0 spiro atoms. The first-order valence-electron chi connectivity index (χ1n) is 5.44. The van der Waals surface area contributed by atoms with Gasteiger partial charge >= 0.3 is 5.97 Å². The number of pyridine rings is 1. The Morgan fingerprint density at radius 3 is 2.94 bits per heavy atom. The van der Waals surface area contributed by atoms with Crippen LogP contribution in [0.1, 0.15) is 5.69 Å². The van der Waals surface area contributed by atoms with Crippen LogP contribution >= 0.6 is 15.9 Å². The molecular formula is C12H17BrN2O2. The lowest BCUT2D eigenvalue weighted by atomic mass is 10.2. The average Bonchev–Trinajstić information content (AvgIpc) is 2.36. The molecule has 0 aliphatic carbocycles. The summed E-state index contributed by atoms with van der Waals surface area (Å²) < 4.78 is 4.65. The van der Waals surface area contributed by atoms with Gasteiger partial charge in [-0.2, -0.15) is 0 Å². The number of esters is 1. The van der Waals surface area contributed by atoms with Crippen LogP contribution in [0.2, 0.25) is 0 Å². The number of carbonyl (C=O) groups is 1. The van der Waals surface area contributed by atoms with Crippen LogP contribution in [0.5, 0.6) is 0 Å². The van der Waals surface area contributed by atoms with Gasteiger partial charge in [-0.3, -0.25) is 9.78 Å². The molecule has 0 aliphatic rings. The first-order valence-corrected chi connectivity index (χ1v) is 6.35. The average molecular weight is 301 g/mol. The Morgan fingerprint density at radius 1 is 1.59 bits per heavy atom. The third-order valence-electron chi connectivity index (χ3n) is 2.40. The number of alkyl halides is 1. The molecule has 17 heavy (non-hydrogen) atoms. The van der Waals surface area contributed by atoms with Crippen molar-refractivity contribution in [3.63, 3.8) is 0 Å². The molecule has 0 N–H and O–H groups in total. The van der Waals surface area contributed by atoms with Crippen molar-refractivity contribution in [3.8, 4) is 0 Å². The van der Waals surface area contributed by atoms with Crippen LogP contribution in [0, 0.1) is 0 Å². The maximum atomic E-state index is 11.2. The summed E-state index contributed by atoms with van der Waals surface area (Å²) >= 11 is 3.30. The lowest BCUT2D eigenvalue weighted by Gasteiger charge is -2.18. The summed E-state index contributed by atoms with van der Waals surface area (Å²) in [5.74, 6) is -0.241. The minimum absolute atomic E-state index is 0.241. The smallest absolute Gasteiger partial charge is 0.320 e. The first kappa shape index (κ1) is 14.1. The Hall–Kier alpha value is -0.940. The lowest BCUT2D eigenvalue weighted by Crippen LogP contribution is -2.32. The molecule has 4 nitrogen and oxygen atoms in total. The van der Waals surface area contributed by atoms with Crippen LogP contribution in [0.15, 0.2) is 24.4 Å². The molecule has 0 radical (unpaired) electrons. The molecule has 1 rings (SSSR count). The molecule has 5 heteroatoms. The van der Waals surface area contributed by atoms with Crippen LogP contribution in [-0.4, -0.2) is 47.9 Å². The molecule has 94 valence electrons. The maximum Gasteiger partial charge on any atom is 0.320 e. The summed E-state index contributed by atoms with van der Waals surface area (Å²) in [7, 11) is 3.37. The van der Waals surface area contributed by atoms with Gasteiger partial charge in [0.25, 0.3) is 0 Å². The second kappa shape index (κ2) is 7.40. The van der Waals surface area contributed by atoms with Gasteiger partial charge in [0.05, 0.1) is 7.11 Å². The molecule has 0 aliphatic heterocycles. The van der Waals surface area contributed by atoms with Crippen molar-refractivity contribution in [3.05, 3.63) is 30.1 Å². The summed E-state index contributed by atoms with van der Waals surface area (Å²) in [5.41, 5.74) is 1.06. The molecule has 0 bridgehead atoms. The SMILES string of the molecule is COC(=O)C(Br)CN(C)CCc1ccccn1. The Bertz CT molecular complexity index is 346. The highest BCUT2D eigenvalue weighted by atomic mass is 79.9. The zero-order valence-corrected chi connectivity index (χ0v) is 11.7. The Labute approximate surface area is 110 Å². The number of ether oxygens (including phenoxy) is 1. The van der Waals surface area contributed by atoms with Crippen LogP contribution in [0.3, 0.4) is 0 Å². The van der Waals surface area contributed by atoms with E-state index in [1.165, 1.54) is 7.11 Å². The molecule has 1 atom stereocenters. The number of halogens is 1. The number of methoxy groups -OCH3 is 1. The van der Waals surface area contributed by atoms with Crippen molar-refractivity contribution in [2.75, 3.05) is 27.2 Å². The largest absolute Gasteiger partial charge is 0.468 e. The molecule has 0 amide bonds. The van der Waals surface area contributed by atoms with E-state index in [1.807, 2.05) is 25.2 Å². The van der Waals surface area contributed by atoms with Crippen molar-refractivity contribution in [1.82, 2.24) is 9.88 Å². The predicted molar refractivity (Wildman–Crippen MR) is 70.2 cm³/mol. The van der Waals surface area contributed by atoms with E-state index in [2.05, 4.69) is 30.6 Å². The zero-order valence-electron chi connectivity index (χ0n) is 10.1. The Balaban J connectivity index is 2.30. The van der Waals surface area contributed by atoms with Crippen LogP contribution in [0.25, 0.3) is 0 Å². The van der Waals surface area contributed by atoms with Gasteiger partial charge in [-0.05, 0) is 19.2 Å². The lowest BCUT2D eigenvalue weighted by molar-refractivity contribution is -0.140. The third-order valence-corrected chi connectivity index (χ3v) is 3.07. The molecule has 0 aromatic carbocycles. The fourth-order valence-corrected chi connectivity index (χ4v) is 2.10. The fraction of sp³-hybridized carbons (Fsp3) is 0.500. The Morgan fingerprint density at radius 2 is 2.35 bits per heavy atom. The van der Waals surface area contributed by atoms with E-state index in [-0.39, 0.29) is 10.8 Å². The minimum atomic E-state index is -0.277. The number of carbonyl (C=O) groups excluding carboxylic acids is 1. The van der Waals surface area contributed by atoms with E-state index in [4.69, 9.17) is 0 Å². The predicted octanol–water partition coefficient (Wildman–Crippen LogP) is 1.49. The van der Waals surface area contributed by atoms with E-state index in [1.54, 1.807) is 6.20 Å². The highest BCUT2D eigenvalue weighted by molar-refractivity contribution is 9.10. The van der Waals surface area contributed by atoms with Crippen molar-refractivity contribution in [2.45, 2.75) is 11.2 Å². The second-order valence-electron chi connectivity index (χ2n) is 3.82. The van der Waals surface area contributed by atoms with E-state index < -0.39 is 0 Å². The first-order chi connectivity index (χ1) is 8.13. The monoisotopic (exact) mass is 300 g/mol. The Kier molecular flexibility index (Phi) is 6.15. The van der Waals surface area contributed by atoms with Gasteiger partial charge in [0.15, 0.2) is 0 Å².